The van der Waals surface area contributed by atoms with Crippen molar-refractivity contribution in [1.82, 2.24) is 0 Å². The average Bonchev–Trinajstić information content (AvgIpc) is 2.34. The van der Waals surface area contributed by atoms with Crippen molar-refractivity contribution in [3.63, 3.8) is 0 Å². The monoisotopic (exact) mass is 275 g/mol. The van der Waals surface area contributed by atoms with Gasteiger partial charge in [-0.15, -0.1) is 6.58 Å². The molecule has 0 amide bonds. The Balaban J connectivity index is 0. The summed E-state index contributed by atoms with van der Waals surface area (Å²) in [5.41, 5.74) is 0. The maximum atomic E-state index is 11.0. The number of hydrogen-bond donors (Lipinski definition) is 1. The molecule has 0 aromatic rings. The topological polar surface area (TPSA) is 72.7 Å². The van der Waals surface area contributed by atoms with E-state index in [1.54, 1.807) is 0 Å². The minimum atomic E-state index is -1.13. The smallest absolute Gasteiger partial charge is 0.859 e. The maximum Gasteiger partial charge on any atom is 1.00 e. The summed E-state index contributed by atoms with van der Waals surface area (Å²) in [5.74, 6) is -1.60. The van der Waals surface area contributed by atoms with Crippen LogP contribution in [0.4, 0.5) is 0 Å². The van der Waals surface area contributed by atoms with Gasteiger partial charge in [-0.3, -0.25) is 0 Å². The summed E-state index contributed by atoms with van der Waals surface area (Å²) in [6.45, 7) is 4.16. The number of hydrogen-bond acceptors (Lipinski definition) is 3. The third-order valence-electron chi connectivity index (χ3n) is 2.45. The largest absolute Gasteiger partial charge is 1.00 e. The fourth-order valence-electron chi connectivity index (χ4n) is 1.49. The van der Waals surface area contributed by atoms with Crippen molar-refractivity contribution in [3.8, 4) is 0 Å². The van der Waals surface area contributed by atoms with Crippen LogP contribution in [0.1, 0.15) is 44.9 Å². The number of carboxylic acids is 1. The van der Waals surface area contributed by atoms with E-state index < -0.39 is 11.9 Å². The van der Waals surface area contributed by atoms with Gasteiger partial charge >= 0.3 is 35.5 Å². The number of unbranched alkanes of at least 4 members (excludes halogenated alkanes) is 6. The van der Waals surface area contributed by atoms with Crippen LogP contribution in [0, 0.1) is 0 Å². The van der Waals surface area contributed by atoms with Gasteiger partial charge in [-0.2, -0.15) is 0 Å². The van der Waals surface area contributed by atoms with Crippen LogP contribution >= 0.6 is 0 Å². The predicted molar refractivity (Wildman–Crippen MR) is 71.6 cm³/mol. The molecule has 0 saturated carbocycles. The molecule has 0 aliphatic carbocycles. The second-order valence-corrected chi connectivity index (χ2v) is 4.09. The number of allylic oxidation sites excluding steroid dienone is 1. The Labute approximate surface area is 137 Å². The second kappa shape index (κ2) is 15.5. The summed E-state index contributed by atoms with van der Waals surface area (Å²) >= 11 is 0. The van der Waals surface area contributed by atoms with Crippen LogP contribution in [-0.4, -0.2) is 23.5 Å². The van der Waals surface area contributed by atoms with E-state index in [2.05, 4.69) is 11.6 Å². The Morgan fingerprint density at radius 2 is 1.68 bits per heavy atom. The SMILES string of the molecule is C=CCCCCCCCCN=C([O-])/C=C/C(=O)O.[Na+]. The summed E-state index contributed by atoms with van der Waals surface area (Å²) < 4.78 is 0. The third kappa shape index (κ3) is 17.4. The van der Waals surface area contributed by atoms with Crippen molar-refractivity contribution in [2.24, 2.45) is 4.99 Å². The summed E-state index contributed by atoms with van der Waals surface area (Å²) in [4.78, 5) is 13.9. The Kier molecular flexibility index (Phi) is 16.9. The summed E-state index contributed by atoms with van der Waals surface area (Å²) in [7, 11) is 0. The first-order valence-corrected chi connectivity index (χ1v) is 6.40. The van der Waals surface area contributed by atoms with Crippen molar-refractivity contribution >= 4 is 11.9 Å². The number of aliphatic carboxylic acids is 1. The third-order valence-corrected chi connectivity index (χ3v) is 2.45. The van der Waals surface area contributed by atoms with Crippen molar-refractivity contribution < 1.29 is 44.6 Å². The van der Waals surface area contributed by atoms with E-state index in [0.29, 0.717) is 6.54 Å². The Bertz CT molecular complexity index is 301. The fraction of sp³-hybridized carbons (Fsp3) is 0.571. The first-order chi connectivity index (χ1) is 8.66. The number of rotatable bonds is 11. The molecule has 102 valence electrons. The van der Waals surface area contributed by atoms with Gasteiger partial charge in [0.2, 0.25) is 0 Å². The van der Waals surface area contributed by atoms with E-state index in [1.165, 1.54) is 19.3 Å². The van der Waals surface area contributed by atoms with E-state index in [-0.39, 0.29) is 29.6 Å². The van der Waals surface area contributed by atoms with Crippen molar-refractivity contribution in [1.29, 1.82) is 0 Å². The van der Waals surface area contributed by atoms with E-state index in [9.17, 15) is 9.90 Å². The second-order valence-electron chi connectivity index (χ2n) is 4.09. The van der Waals surface area contributed by atoms with Gasteiger partial charge in [-0.1, -0.05) is 31.8 Å². The molecule has 0 aromatic heterocycles. The zero-order valence-corrected chi connectivity index (χ0v) is 13.8. The Morgan fingerprint density at radius 1 is 1.11 bits per heavy atom. The van der Waals surface area contributed by atoms with Crippen molar-refractivity contribution in [2.75, 3.05) is 6.54 Å². The van der Waals surface area contributed by atoms with E-state index in [0.717, 1.165) is 37.8 Å². The molecule has 0 heterocycles. The van der Waals surface area contributed by atoms with Gasteiger partial charge in [0.15, 0.2) is 0 Å². The summed E-state index contributed by atoms with van der Waals surface area (Å²) in [6.07, 6.45) is 11.6. The van der Waals surface area contributed by atoms with Gasteiger partial charge in [0, 0.05) is 12.6 Å². The fourth-order valence-corrected chi connectivity index (χ4v) is 1.49. The molecule has 0 atom stereocenters. The number of nitrogens with zero attached hydrogens (tertiary/aromatic N) is 1. The van der Waals surface area contributed by atoms with Crippen LogP contribution in [0.3, 0.4) is 0 Å². The van der Waals surface area contributed by atoms with Crippen LogP contribution in [0.5, 0.6) is 0 Å². The standard InChI is InChI=1S/C14H23NO3.Na/c1-2-3-4-5-6-7-8-9-12-15-13(16)10-11-14(17)18;/h2,10-11H,1,3-9,12H2,(H,15,16)(H,17,18);/q;+1/p-1/b11-10+;. The zero-order valence-electron chi connectivity index (χ0n) is 11.8. The van der Waals surface area contributed by atoms with Gasteiger partial charge in [-0.05, 0) is 31.2 Å². The molecular formula is C14H22NNaO3. The molecule has 0 aliphatic rings. The van der Waals surface area contributed by atoms with Gasteiger partial charge in [0.25, 0.3) is 0 Å². The first kappa shape index (κ1) is 20.7. The van der Waals surface area contributed by atoms with Crippen molar-refractivity contribution in [3.05, 3.63) is 24.8 Å². The van der Waals surface area contributed by atoms with Crippen LogP contribution in [0.15, 0.2) is 29.8 Å². The minimum absolute atomic E-state index is 0. The van der Waals surface area contributed by atoms with Gasteiger partial charge in [0.05, 0.1) is 0 Å². The molecule has 1 N–H and O–H groups in total. The van der Waals surface area contributed by atoms with Crippen molar-refractivity contribution in [2.45, 2.75) is 44.9 Å². The minimum Gasteiger partial charge on any atom is -0.859 e. The van der Waals surface area contributed by atoms with E-state index >= 15 is 0 Å². The number of aliphatic imine (C=N–C) groups is 1. The molecule has 0 unspecified atom stereocenters. The molecule has 4 nitrogen and oxygen atoms in total. The summed E-state index contributed by atoms with van der Waals surface area (Å²) in [6, 6.07) is 0. The normalized spacial score (nSPS) is 11.3. The van der Waals surface area contributed by atoms with Crippen LogP contribution < -0.4 is 34.7 Å². The molecule has 0 spiro atoms. The molecule has 0 fully saturated rings. The maximum absolute atomic E-state index is 11.0. The molecule has 0 aliphatic heterocycles. The number of carbonyl (C=O) groups is 1. The summed E-state index contributed by atoms with van der Waals surface area (Å²) in [5, 5.41) is 19.3. The Hall–Kier alpha value is -0.580. The number of carboxylic acid groups (broad SMARTS) is 1. The molecule has 19 heavy (non-hydrogen) atoms. The van der Waals surface area contributed by atoms with E-state index in [1.807, 2.05) is 6.08 Å². The molecule has 5 heteroatoms. The molecule has 0 aromatic carbocycles. The molecule has 0 bridgehead atoms. The van der Waals surface area contributed by atoms with Gasteiger partial charge in [0.1, 0.15) is 0 Å². The van der Waals surface area contributed by atoms with Gasteiger partial charge in [-0.25, -0.2) is 4.79 Å². The molecule has 0 radical (unpaired) electrons. The average molecular weight is 275 g/mol. The van der Waals surface area contributed by atoms with Crippen LogP contribution in [-0.2, 0) is 4.79 Å². The predicted octanol–water partition coefficient (Wildman–Crippen LogP) is -0.693. The van der Waals surface area contributed by atoms with Crippen LogP contribution in [0.2, 0.25) is 0 Å². The van der Waals surface area contributed by atoms with Gasteiger partial charge < -0.3 is 15.2 Å². The first-order valence-electron chi connectivity index (χ1n) is 6.40. The molecular weight excluding hydrogens is 253 g/mol. The molecule has 0 rings (SSSR count). The zero-order chi connectivity index (χ0) is 13.6. The Morgan fingerprint density at radius 3 is 2.26 bits per heavy atom. The van der Waals surface area contributed by atoms with Crippen LogP contribution in [0.25, 0.3) is 0 Å². The quantitative estimate of drug-likeness (QED) is 0.135. The molecule has 0 saturated heterocycles. The van der Waals surface area contributed by atoms with E-state index in [4.69, 9.17) is 5.11 Å².